The van der Waals surface area contributed by atoms with Crippen molar-refractivity contribution in [3.63, 3.8) is 0 Å². The minimum Gasteiger partial charge on any atom is -0.489 e. The fourth-order valence-corrected chi connectivity index (χ4v) is 6.23. The Morgan fingerprint density at radius 2 is 2.00 bits per heavy atom. The molecule has 1 amide bonds. The lowest BCUT2D eigenvalue weighted by Crippen LogP contribution is -2.68. The predicted molar refractivity (Wildman–Crippen MR) is 157 cm³/mol. The molecule has 4 aliphatic rings. The summed E-state index contributed by atoms with van der Waals surface area (Å²) < 4.78 is 18.5. The van der Waals surface area contributed by atoms with Crippen molar-refractivity contribution in [2.75, 3.05) is 51.4 Å². The zero-order valence-electron chi connectivity index (χ0n) is 24.1. The van der Waals surface area contributed by atoms with Crippen LogP contribution in [0.1, 0.15) is 17.5 Å². The van der Waals surface area contributed by atoms with Crippen molar-refractivity contribution in [2.45, 2.75) is 31.2 Å². The first-order valence-electron chi connectivity index (χ1n) is 14.4. The minimum atomic E-state index is -0.977. The summed E-state index contributed by atoms with van der Waals surface area (Å²) in [7, 11) is 1.62. The molecule has 8 heterocycles. The van der Waals surface area contributed by atoms with E-state index < -0.39 is 12.2 Å². The van der Waals surface area contributed by atoms with E-state index in [-0.39, 0.29) is 13.2 Å². The monoisotopic (exact) mass is 597 g/mol. The number of pyridine rings is 2. The van der Waals surface area contributed by atoms with Gasteiger partial charge in [-0.3, -0.25) is 9.88 Å². The van der Waals surface area contributed by atoms with Crippen LogP contribution in [-0.2, 0) is 11.3 Å². The number of nitriles is 1. The van der Waals surface area contributed by atoms with Crippen LogP contribution in [0.25, 0.3) is 16.8 Å². The van der Waals surface area contributed by atoms with Crippen molar-refractivity contribution in [1.29, 1.82) is 5.26 Å². The number of piperazine rings is 1. The van der Waals surface area contributed by atoms with Gasteiger partial charge >= 0.3 is 6.09 Å². The highest BCUT2D eigenvalue weighted by molar-refractivity contribution is 5.83. The van der Waals surface area contributed by atoms with Gasteiger partial charge in [0.2, 0.25) is 5.88 Å². The van der Waals surface area contributed by atoms with Crippen molar-refractivity contribution in [3.05, 3.63) is 60.3 Å². The molecule has 4 saturated heterocycles. The maximum absolute atomic E-state index is 11.4. The van der Waals surface area contributed by atoms with Crippen molar-refractivity contribution >= 4 is 17.4 Å². The number of piperidine rings is 1. The summed E-state index contributed by atoms with van der Waals surface area (Å²) in [6.45, 7) is 3.63. The van der Waals surface area contributed by atoms with Gasteiger partial charge in [-0.15, -0.1) is 0 Å². The van der Waals surface area contributed by atoms with Crippen LogP contribution in [-0.4, -0.2) is 110 Å². The normalized spacial score (nSPS) is 21.5. The highest BCUT2D eigenvalue weighted by Gasteiger charge is 2.44. The van der Waals surface area contributed by atoms with Gasteiger partial charge in [-0.1, -0.05) is 6.07 Å². The number of ether oxygens (including phenoxy) is 3. The number of carbonyl (C=O) groups is 1. The van der Waals surface area contributed by atoms with Gasteiger partial charge in [0, 0.05) is 56.1 Å². The smallest absolute Gasteiger partial charge is 0.407 e. The van der Waals surface area contributed by atoms with Crippen LogP contribution in [0.2, 0.25) is 0 Å². The van der Waals surface area contributed by atoms with Crippen LogP contribution in [0.15, 0.2) is 49.2 Å². The van der Waals surface area contributed by atoms with Crippen molar-refractivity contribution in [2.24, 2.45) is 0 Å². The highest BCUT2D eigenvalue weighted by atomic mass is 16.5. The molecule has 3 atom stereocenters. The standard InChI is InChI=1S/C30H31N9O5/c1-42-28-3-2-19(9-34-28)13-38-21-6-22(38)15-37(14-21)27-12-32-26(11-33-27)25-7-23(17-39-29(25)20(8-31)10-35-39)44-18-24-16-36(30(40)41)4-5-43-24/h2-3,7,9-12,17,21-22,24H,4-6,13-16,18H2,1H3,(H,40,41)/t21?,22?,24-/m0/s1. The molecule has 0 radical (unpaired) electrons. The first kappa shape index (κ1) is 27.8. The molecular formula is C30H31N9O5. The molecule has 8 rings (SSSR count). The molecule has 1 N–H and O–H groups in total. The van der Waals surface area contributed by atoms with Gasteiger partial charge in [0.05, 0.1) is 61.8 Å². The molecule has 2 bridgehead atoms. The molecular weight excluding hydrogens is 566 g/mol. The van der Waals surface area contributed by atoms with Crippen LogP contribution in [0.4, 0.5) is 10.6 Å². The number of methoxy groups -OCH3 is 1. The Morgan fingerprint density at radius 3 is 2.70 bits per heavy atom. The zero-order chi connectivity index (χ0) is 30.2. The third kappa shape index (κ3) is 5.31. The number of nitrogens with zero attached hydrogens (tertiary/aromatic N) is 9. The molecule has 0 aliphatic carbocycles. The van der Waals surface area contributed by atoms with E-state index in [0.717, 1.165) is 31.9 Å². The summed E-state index contributed by atoms with van der Waals surface area (Å²) in [4.78, 5) is 31.3. The Hall–Kier alpha value is -5.00. The van der Waals surface area contributed by atoms with Crippen LogP contribution in [0.3, 0.4) is 0 Å². The summed E-state index contributed by atoms with van der Waals surface area (Å²) in [6, 6.07) is 8.84. The number of carboxylic acid groups (broad SMARTS) is 1. The number of rotatable bonds is 8. The van der Waals surface area contributed by atoms with Crippen LogP contribution in [0.5, 0.6) is 11.6 Å². The lowest BCUT2D eigenvalue weighted by molar-refractivity contribution is -0.0412. The number of amides is 1. The van der Waals surface area contributed by atoms with Crippen molar-refractivity contribution in [1.82, 2.24) is 34.4 Å². The number of hydrogen-bond acceptors (Lipinski definition) is 11. The Bertz CT molecular complexity index is 1690. The maximum Gasteiger partial charge on any atom is 0.407 e. The Balaban J connectivity index is 1.06. The second kappa shape index (κ2) is 11.6. The summed E-state index contributed by atoms with van der Waals surface area (Å²) >= 11 is 0. The number of aromatic nitrogens is 5. The fourth-order valence-electron chi connectivity index (χ4n) is 6.23. The fraction of sp³-hybridized carbons (Fsp3) is 0.400. The molecule has 2 unspecified atom stereocenters. The zero-order valence-corrected chi connectivity index (χ0v) is 24.1. The third-order valence-corrected chi connectivity index (χ3v) is 8.51. The Labute approximate surface area is 253 Å². The van der Waals surface area contributed by atoms with E-state index in [1.54, 1.807) is 36.3 Å². The second-order valence-electron chi connectivity index (χ2n) is 11.2. The van der Waals surface area contributed by atoms with E-state index in [1.807, 2.05) is 12.3 Å². The number of anilines is 1. The number of morpholine rings is 1. The lowest BCUT2D eigenvalue weighted by Gasteiger charge is -2.56. The van der Waals surface area contributed by atoms with Crippen molar-refractivity contribution in [3.8, 4) is 29.0 Å². The molecule has 226 valence electrons. The topological polar surface area (TPSA) is 154 Å². The second-order valence-corrected chi connectivity index (χ2v) is 11.2. The number of fused-ring (bicyclic) bond motifs is 3. The molecule has 0 aromatic carbocycles. The van der Waals surface area contributed by atoms with Gasteiger partial charge in [0.15, 0.2) is 0 Å². The van der Waals surface area contributed by atoms with Crippen molar-refractivity contribution < 1.29 is 24.1 Å². The number of hydrogen-bond donors (Lipinski definition) is 1. The average molecular weight is 598 g/mol. The lowest BCUT2D eigenvalue weighted by atomic mass is 9.87. The molecule has 14 heteroatoms. The molecule has 4 aromatic rings. The summed E-state index contributed by atoms with van der Waals surface area (Å²) in [6.07, 6.45) is 8.36. The maximum atomic E-state index is 11.4. The largest absolute Gasteiger partial charge is 0.489 e. The van der Waals surface area contributed by atoms with Gasteiger partial charge in [0.1, 0.15) is 30.3 Å². The van der Waals surface area contributed by atoms with Crippen LogP contribution in [0, 0.1) is 11.3 Å². The highest BCUT2D eigenvalue weighted by Crippen LogP contribution is 2.36. The van der Waals surface area contributed by atoms with Crippen LogP contribution < -0.4 is 14.4 Å². The molecule has 4 fully saturated rings. The third-order valence-electron chi connectivity index (χ3n) is 8.51. The summed E-state index contributed by atoms with van der Waals surface area (Å²) in [5.74, 6) is 1.92. The average Bonchev–Trinajstić information content (AvgIpc) is 3.49. The quantitative estimate of drug-likeness (QED) is 0.317. The van der Waals surface area contributed by atoms with Gasteiger partial charge in [0.25, 0.3) is 0 Å². The molecule has 44 heavy (non-hydrogen) atoms. The van der Waals surface area contributed by atoms with E-state index in [9.17, 15) is 15.2 Å². The minimum absolute atomic E-state index is 0.162. The summed E-state index contributed by atoms with van der Waals surface area (Å²) in [5, 5.41) is 23.4. The van der Waals surface area contributed by atoms with Gasteiger partial charge < -0.3 is 29.1 Å². The van der Waals surface area contributed by atoms with Crippen LogP contribution >= 0.6 is 0 Å². The van der Waals surface area contributed by atoms with E-state index in [2.05, 4.69) is 32.0 Å². The van der Waals surface area contributed by atoms with Gasteiger partial charge in [-0.2, -0.15) is 10.4 Å². The SMILES string of the molecule is COc1ccc(CN2C3CC2CN(c2cnc(-c4cc(OC[C@@H]5CN(C(=O)O)CCO5)cn5ncc(C#N)c45)cn2)C3)cn1. The summed E-state index contributed by atoms with van der Waals surface area (Å²) in [5.41, 5.74) is 3.43. The van der Waals surface area contributed by atoms with E-state index in [0.29, 0.717) is 59.2 Å². The van der Waals surface area contributed by atoms with E-state index >= 15 is 0 Å². The Kier molecular flexibility index (Phi) is 7.32. The molecule has 0 spiro atoms. The molecule has 4 aromatic heterocycles. The predicted octanol–water partition coefficient (Wildman–Crippen LogP) is 2.29. The van der Waals surface area contributed by atoms with E-state index in [4.69, 9.17) is 24.2 Å². The first-order valence-corrected chi connectivity index (χ1v) is 14.4. The van der Waals surface area contributed by atoms with Gasteiger partial charge in [-0.05, 0) is 18.1 Å². The first-order chi connectivity index (χ1) is 21.5. The molecule has 4 aliphatic heterocycles. The van der Waals surface area contributed by atoms with Gasteiger partial charge in [-0.25, -0.2) is 19.3 Å². The molecule has 14 nitrogen and oxygen atoms in total. The Morgan fingerprint density at radius 1 is 1.14 bits per heavy atom. The molecule has 0 saturated carbocycles. The van der Waals surface area contributed by atoms with E-state index in [1.165, 1.54) is 16.7 Å².